The minimum atomic E-state index is 0.0486. The van der Waals surface area contributed by atoms with E-state index in [9.17, 15) is 0 Å². The Morgan fingerprint density at radius 3 is 1.18 bits per heavy atom. The fraction of sp³-hybridized carbons (Fsp3) is 0.800. The van der Waals surface area contributed by atoms with E-state index >= 15 is 0 Å². The summed E-state index contributed by atoms with van der Waals surface area (Å²) in [5, 5.41) is 0. The van der Waals surface area contributed by atoms with Gasteiger partial charge in [0.25, 0.3) is 0 Å². The Hall–Kier alpha value is -0.640. The lowest BCUT2D eigenvalue weighted by Crippen LogP contribution is -2.49. The predicted octanol–water partition coefficient (Wildman–Crippen LogP) is 2.48. The van der Waals surface area contributed by atoms with E-state index < -0.39 is 0 Å². The average Bonchev–Trinajstić information content (AvgIpc) is 1.56. The van der Waals surface area contributed by atoms with E-state index in [4.69, 9.17) is 6.42 Å². The molecule has 0 aromatic rings. The lowest BCUT2D eigenvalue weighted by atomic mass is 9.97. The molecule has 0 rings (SSSR count). The van der Waals surface area contributed by atoms with Gasteiger partial charge in [0.05, 0.1) is 0 Å². The highest BCUT2D eigenvalue weighted by atomic mass is 15.2. The van der Waals surface area contributed by atoms with E-state index in [1.807, 2.05) is 4.90 Å². The van der Waals surface area contributed by atoms with E-state index in [1.165, 1.54) is 0 Å². The van der Waals surface area contributed by atoms with Gasteiger partial charge in [-0.05, 0) is 41.5 Å². The third-order valence-corrected chi connectivity index (χ3v) is 1.47. The molecule has 0 radical (unpaired) electrons. The molecule has 0 aliphatic rings. The van der Waals surface area contributed by atoms with Crippen LogP contribution in [0.4, 0.5) is 0 Å². The van der Waals surface area contributed by atoms with Gasteiger partial charge in [-0.3, -0.25) is 0 Å². The fourth-order valence-corrected chi connectivity index (χ4v) is 1.39. The minimum Gasteiger partial charge on any atom is -0.322 e. The van der Waals surface area contributed by atoms with E-state index in [0.29, 0.717) is 0 Å². The normalized spacial score (nSPS) is 12.5. The Labute approximate surface area is 70.8 Å². The molecule has 0 saturated carbocycles. The molecule has 0 spiro atoms. The number of hydrogen-bond acceptors (Lipinski definition) is 1. The number of nitrogens with zero attached hydrogens (tertiary/aromatic N) is 1. The Kier molecular flexibility index (Phi) is 2.61. The topological polar surface area (TPSA) is 3.24 Å². The summed E-state index contributed by atoms with van der Waals surface area (Å²) in [5.74, 6) is 0. The molecule has 0 saturated heterocycles. The van der Waals surface area contributed by atoms with Crippen LogP contribution in [0.5, 0.6) is 0 Å². The van der Waals surface area contributed by atoms with Crippen molar-refractivity contribution in [3.8, 4) is 12.5 Å². The SMILES string of the molecule is C#CN(C(C)(C)C)C(C)(C)C. The smallest absolute Gasteiger partial charge is 0.0402 e. The van der Waals surface area contributed by atoms with Gasteiger partial charge in [0.15, 0.2) is 0 Å². The number of hydrogen-bond donors (Lipinski definition) is 0. The monoisotopic (exact) mass is 153 g/mol. The van der Waals surface area contributed by atoms with Crippen LogP contribution in [-0.4, -0.2) is 16.0 Å². The van der Waals surface area contributed by atoms with Gasteiger partial charge in [-0.15, -0.1) is 0 Å². The Morgan fingerprint density at radius 1 is 0.909 bits per heavy atom. The lowest BCUT2D eigenvalue weighted by molar-refractivity contribution is 0.110. The van der Waals surface area contributed by atoms with E-state index in [1.54, 1.807) is 0 Å². The predicted molar refractivity (Wildman–Crippen MR) is 50.2 cm³/mol. The van der Waals surface area contributed by atoms with Crippen LogP contribution in [0.25, 0.3) is 0 Å². The van der Waals surface area contributed by atoms with Gasteiger partial charge in [-0.25, -0.2) is 0 Å². The molecule has 0 fully saturated rings. The molecule has 11 heavy (non-hydrogen) atoms. The van der Waals surface area contributed by atoms with Crippen LogP contribution >= 0.6 is 0 Å². The molecule has 0 aromatic carbocycles. The molecule has 0 amide bonds. The van der Waals surface area contributed by atoms with Crippen LogP contribution in [0.3, 0.4) is 0 Å². The zero-order valence-corrected chi connectivity index (χ0v) is 8.52. The fourth-order valence-electron chi connectivity index (χ4n) is 1.39. The van der Waals surface area contributed by atoms with Gasteiger partial charge in [-0.2, -0.15) is 0 Å². The second-order valence-corrected chi connectivity index (χ2v) is 4.81. The third-order valence-electron chi connectivity index (χ3n) is 1.47. The summed E-state index contributed by atoms with van der Waals surface area (Å²) in [6, 6.07) is 2.72. The molecular weight excluding hydrogens is 134 g/mol. The van der Waals surface area contributed by atoms with Crippen molar-refractivity contribution in [3.05, 3.63) is 0 Å². The van der Waals surface area contributed by atoms with Crippen LogP contribution in [0, 0.1) is 12.5 Å². The van der Waals surface area contributed by atoms with Gasteiger partial charge >= 0.3 is 0 Å². The summed E-state index contributed by atoms with van der Waals surface area (Å²) in [6.45, 7) is 12.7. The van der Waals surface area contributed by atoms with Gasteiger partial charge < -0.3 is 4.90 Å². The summed E-state index contributed by atoms with van der Waals surface area (Å²) >= 11 is 0. The molecule has 0 aliphatic carbocycles. The molecule has 0 atom stereocenters. The first kappa shape index (κ1) is 10.4. The van der Waals surface area contributed by atoms with E-state index in [-0.39, 0.29) is 11.1 Å². The van der Waals surface area contributed by atoms with Crippen molar-refractivity contribution in [1.29, 1.82) is 0 Å². The molecule has 0 aliphatic heterocycles. The summed E-state index contributed by atoms with van der Waals surface area (Å²) in [7, 11) is 0. The minimum absolute atomic E-state index is 0.0486. The zero-order valence-electron chi connectivity index (χ0n) is 8.52. The van der Waals surface area contributed by atoms with Gasteiger partial charge in [-0.1, -0.05) is 6.42 Å². The summed E-state index contributed by atoms with van der Waals surface area (Å²) < 4.78 is 0. The van der Waals surface area contributed by atoms with Crippen molar-refractivity contribution in [2.24, 2.45) is 0 Å². The molecular formula is C10H19N. The molecule has 0 unspecified atom stereocenters. The standard InChI is InChI=1S/C10H19N/c1-8-11(9(2,3)4)10(5,6)7/h1H,2-7H3. The second-order valence-electron chi connectivity index (χ2n) is 4.81. The van der Waals surface area contributed by atoms with Crippen LogP contribution in [0.2, 0.25) is 0 Å². The molecule has 64 valence electrons. The first-order chi connectivity index (χ1) is 4.69. The van der Waals surface area contributed by atoms with Crippen molar-refractivity contribution in [2.45, 2.75) is 52.6 Å². The lowest BCUT2D eigenvalue weighted by Gasteiger charge is -2.42. The maximum Gasteiger partial charge on any atom is 0.0402 e. The van der Waals surface area contributed by atoms with Crippen molar-refractivity contribution in [1.82, 2.24) is 4.90 Å². The second kappa shape index (κ2) is 2.77. The van der Waals surface area contributed by atoms with Crippen molar-refractivity contribution >= 4 is 0 Å². The summed E-state index contributed by atoms with van der Waals surface area (Å²) in [6.07, 6.45) is 5.42. The first-order valence-corrected chi connectivity index (χ1v) is 3.96. The largest absolute Gasteiger partial charge is 0.322 e. The number of rotatable bonds is 0. The summed E-state index contributed by atoms with van der Waals surface area (Å²) in [4.78, 5) is 2.03. The first-order valence-electron chi connectivity index (χ1n) is 3.96. The average molecular weight is 153 g/mol. The molecule has 1 heteroatoms. The van der Waals surface area contributed by atoms with Crippen molar-refractivity contribution in [2.75, 3.05) is 0 Å². The van der Waals surface area contributed by atoms with E-state index in [2.05, 4.69) is 47.6 Å². The molecule has 0 heterocycles. The van der Waals surface area contributed by atoms with Crippen molar-refractivity contribution < 1.29 is 0 Å². The molecule has 0 N–H and O–H groups in total. The Bertz CT molecular complexity index is 147. The highest BCUT2D eigenvalue weighted by Crippen LogP contribution is 2.22. The Balaban J connectivity index is 4.60. The van der Waals surface area contributed by atoms with Crippen molar-refractivity contribution in [3.63, 3.8) is 0 Å². The maximum atomic E-state index is 5.42. The highest BCUT2D eigenvalue weighted by molar-refractivity contribution is 5.00. The molecule has 0 aromatic heterocycles. The van der Waals surface area contributed by atoms with Crippen LogP contribution in [-0.2, 0) is 0 Å². The van der Waals surface area contributed by atoms with Crippen LogP contribution < -0.4 is 0 Å². The third kappa shape index (κ3) is 2.84. The van der Waals surface area contributed by atoms with Gasteiger partial charge in [0.2, 0.25) is 0 Å². The Morgan fingerprint density at radius 2 is 1.18 bits per heavy atom. The molecule has 1 nitrogen and oxygen atoms in total. The zero-order chi connectivity index (χ0) is 9.28. The highest BCUT2D eigenvalue weighted by Gasteiger charge is 2.28. The van der Waals surface area contributed by atoms with Gasteiger partial charge in [0, 0.05) is 17.1 Å². The van der Waals surface area contributed by atoms with E-state index in [0.717, 1.165) is 0 Å². The summed E-state index contributed by atoms with van der Waals surface area (Å²) in [5.41, 5.74) is 0.0972. The van der Waals surface area contributed by atoms with Crippen LogP contribution in [0.1, 0.15) is 41.5 Å². The quantitative estimate of drug-likeness (QED) is 0.382. The van der Waals surface area contributed by atoms with Gasteiger partial charge in [0.1, 0.15) is 0 Å². The van der Waals surface area contributed by atoms with Crippen LogP contribution in [0.15, 0.2) is 0 Å². The maximum absolute atomic E-state index is 5.42. The number of terminal acetylenes is 1. The molecule has 0 bridgehead atoms.